The Morgan fingerprint density at radius 2 is 2.15 bits per heavy atom. The summed E-state index contributed by atoms with van der Waals surface area (Å²) < 4.78 is 0. The van der Waals surface area contributed by atoms with Crippen LogP contribution in [-0.4, -0.2) is 19.0 Å². The standard InChI is InChI=1S/C16H18N2OS/c19-16(12-5-3-9-17-11-12)18-14-7-2-1-6-13(14)15-8-4-10-20-15/h1-2,4,6-8,10,12,17H,3,5,9,11H2,(H,18,19)/t12-/m1/s1. The van der Waals surface area contributed by atoms with Gasteiger partial charge in [-0.15, -0.1) is 11.3 Å². The molecule has 0 saturated carbocycles. The van der Waals surface area contributed by atoms with Crippen LogP contribution in [-0.2, 0) is 4.79 Å². The Kier molecular flexibility index (Phi) is 4.14. The summed E-state index contributed by atoms with van der Waals surface area (Å²) in [6.07, 6.45) is 2.05. The lowest BCUT2D eigenvalue weighted by molar-refractivity contribution is -0.120. The van der Waals surface area contributed by atoms with Crippen molar-refractivity contribution < 1.29 is 4.79 Å². The minimum Gasteiger partial charge on any atom is -0.325 e. The zero-order chi connectivity index (χ0) is 13.8. The van der Waals surface area contributed by atoms with Gasteiger partial charge in [-0.2, -0.15) is 0 Å². The molecule has 1 aliphatic rings. The van der Waals surface area contributed by atoms with Crippen LogP contribution in [0.25, 0.3) is 10.4 Å². The zero-order valence-corrected chi connectivity index (χ0v) is 12.1. The second-order valence-electron chi connectivity index (χ2n) is 5.06. The van der Waals surface area contributed by atoms with Crippen molar-refractivity contribution in [1.29, 1.82) is 0 Å². The molecule has 3 nitrogen and oxygen atoms in total. The summed E-state index contributed by atoms with van der Waals surface area (Å²) in [5, 5.41) is 8.44. The van der Waals surface area contributed by atoms with Crippen LogP contribution in [0.1, 0.15) is 12.8 Å². The second-order valence-corrected chi connectivity index (χ2v) is 6.00. The van der Waals surface area contributed by atoms with Gasteiger partial charge in [0.1, 0.15) is 0 Å². The van der Waals surface area contributed by atoms with Gasteiger partial charge in [-0.3, -0.25) is 4.79 Å². The van der Waals surface area contributed by atoms with E-state index in [9.17, 15) is 4.79 Å². The van der Waals surface area contributed by atoms with Crippen molar-refractivity contribution in [3.05, 3.63) is 41.8 Å². The maximum Gasteiger partial charge on any atom is 0.228 e. The molecule has 1 atom stereocenters. The van der Waals surface area contributed by atoms with E-state index in [0.717, 1.165) is 37.2 Å². The lowest BCUT2D eigenvalue weighted by Gasteiger charge is -2.22. The fourth-order valence-corrected chi connectivity index (χ4v) is 3.32. The van der Waals surface area contributed by atoms with Crippen molar-refractivity contribution in [2.24, 2.45) is 5.92 Å². The normalized spacial score (nSPS) is 18.7. The van der Waals surface area contributed by atoms with Crippen LogP contribution in [0, 0.1) is 5.92 Å². The molecule has 1 saturated heterocycles. The number of piperidine rings is 1. The molecule has 20 heavy (non-hydrogen) atoms. The molecule has 3 rings (SSSR count). The summed E-state index contributed by atoms with van der Waals surface area (Å²) in [6, 6.07) is 12.1. The van der Waals surface area contributed by atoms with Gasteiger partial charge in [0.2, 0.25) is 5.91 Å². The number of para-hydroxylation sites is 1. The van der Waals surface area contributed by atoms with E-state index in [1.54, 1.807) is 11.3 Å². The number of nitrogens with one attached hydrogen (secondary N) is 2. The van der Waals surface area contributed by atoms with Crippen molar-refractivity contribution >= 4 is 22.9 Å². The summed E-state index contributed by atoms with van der Waals surface area (Å²) >= 11 is 1.69. The van der Waals surface area contributed by atoms with Gasteiger partial charge >= 0.3 is 0 Å². The third kappa shape index (κ3) is 2.92. The third-order valence-electron chi connectivity index (χ3n) is 3.64. The molecule has 0 bridgehead atoms. The lowest BCUT2D eigenvalue weighted by atomic mass is 9.98. The Hall–Kier alpha value is -1.65. The van der Waals surface area contributed by atoms with Crippen molar-refractivity contribution in [1.82, 2.24) is 5.32 Å². The highest BCUT2D eigenvalue weighted by Crippen LogP contribution is 2.31. The van der Waals surface area contributed by atoms with Crippen LogP contribution in [0.3, 0.4) is 0 Å². The van der Waals surface area contributed by atoms with Gasteiger partial charge in [0, 0.05) is 22.7 Å². The predicted molar refractivity (Wildman–Crippen MR) is 84.0 cm³/mol. The minimum absolute atomic E-state index is 0.0835. The number of thiophene rings is 1. The largest absolute Gasteiger partial charge is 0.325 e. The molecule has 1 aromatic carbocycles. The number of benzene rings is 1. The summed E-state index contributed by atoms with van der Waals surface area (Å²) in [5.41, 5.74) is 2.00. The van der Waals surface area contributed by atoms with Gasteiger partial charge in [-0.25, -0.2) is 0 Å². The Bertz CT molecular complexity index is 574. The lowest BCUT2D eigenvalue weighted by Crippen LogP contribution is -2.37. The highest BCUT2D eigenvalue weighted by molar-refractivity contribution is 7.13. The molecule has 0 aliphatic carbocycles. The average molecular weight is 286 g/mol. The summed E-state index contributed by atoms with van der Waals surface area (Å²) in [6.45, 7) is 1.81. The number of amides is 1. The van der Waals surface area contributed by atoms with E-state index in [2.05, 4.69) is 28.1 Å². The molecule has 1 aliphatic heterocycles. The molecule has 0 radical (unpaired) electrons. The smallest absolute Gasteiger partial charge is 0.228 e. The molecule has 0 spiro atoms. The van der Waals surface area contributed by atoms with Gasteiger partial charge in [0.15, 0.2) is 0 Å². The molecule has 0 unspecified atom stereocenters. The van der Waals surface area contributed by atoms with Gasteiger partial charge in [0.05, 0.1) is 5.92 Å². The van der Waals surface area contributed by atoms with E-state index in [-0.39, 0.29) is 11.8 Å². The molecular formula is C16H18N2OS. The maximum absolute atomic E-state index is 12.3. The highest BCUT2D eigenvalue weighted by atomic mass is 32.1. The zero-order valence-electron chi connectivity index (χ0n) is 11.3. The number of hydrogen-bond donors (Lipinski definition) is 2. The summed E-state index contributed by atoms with van der Waals surface area (Å²) in [4.78, 5) is 13.5. The van der Waals surface area contributed by atoms with Gasteiger partial charge in [-0.1, -0.05) is 24.3 Å². The first-order valence-electron chi connectivity index (χ1n) is 6.99. The van der Waals surface area contributed by atoms with E-state index in [1.807, 2.05) is 24.3 Å². The Balaban J connectivity index is 1.79. The molecule has 2 N–H and O–H groups in total. The van der Waals surface area contributed by atoms with Crippen LogP contribution >= 0.6 is 11.3 Å². The van der Waals surface area contributed by atoms with Crippen LogP contribution in [0.2, 0.25) is 0 Å². The first-order chi connectivity index (χ1) is 9.84. The van der Waals surface area contributed by atoms with Gasteiger partial charge < -0.3 is 10.6 Å². The first kappa shape index (κ1) is 13.3. The molecule has 104 valence electrons. The van der Waals surface area contributed by atoms with Crippen molar-refractivity contribution in [3.63, 3.8) is 0 Å². The molecule has 1 aromatic heterocycles. The van der Waals surface area contributed by atoms with Crippen molar-refractivity contribution in [3.8, 4) is 10.4 Å². The monoisotopic (exact) mass is 286 g/mol. The molecule has 2 aromatic rings. The van der Waals surface area contributed by atoms with Crippen LogP contribution in [0.4, 0.5) is 5.69 Å². The van der Waals surface area contributed by atoms with Gasteiger partial charge in [0.25, 0.3) is 0 Å². The topological polar surface area (TPSA) is 41.1 Å². The predicted octanol–water partition coefficient (Wildman–Crippen LogP) is 3.35. The van der Waals surface area contributed by atoms with E-state index in [4.69, 9.17) is 0 Å². The molecular weight excluding hydrogens is 268 g/mol. The fraction of sp³-hybridized carbons (Fsp3) is 0.312. The van der Waals surface area contributed by atoms with Crippen molar-refractivity contribution in [2.45, 2.75) is 12.8 Å². The third-order valence-corrected chi connectivity index (χ3v) is 4.54. The fourth-order valence-electron chi connectivity index (χ4n) is 2.55. The Labute approximate surface area is 123 Å². The van der Waals surface area contributed by atoms with Crippen LogP contribution in [0.5, 0.6) is 0 Å². The van der Waals surface area contributed by atoms with Crippen LogP contribution < -0.4 is 10.6 Å². The average Bonchev–Trinajstić information content (AvgIpc) is 3.03. The number of carbonyl (C=O) groups is 1. The quantitative estimate of drug-likeness (QED) is 0.908. The highest BCUT2D eigenvalue weighted by Gasteiger charge is 2.21. The first-order valence-corrected chi connectivity index (χ1v) is 7.87. The SMILES string of the molecule is O=C(Nc1ccccc1-c1cccs1)[C@@H]1CCCNC1. The van der Waals surface area contributed by atoms with E-state index >= 15 is 0 Å². The molecule has 1 fully saturated rings. The van der Waals surface area contributed by atoms with E-state index < -0.39 is 0 Å². The maximum atomic E-state index is 12.3. The summed E-state index contributed by atoms with van der Waals surface area (Å²) in [7, 11) is 0. The molecule has 2 heterocycles. The van der Waals surface area contributed by atoms with Crippen LogP contribution in [0.15, 0.2) is 41.8 Å². The number of carbonyl (C=O) groups excluding carboxylic acids is 1. The Morgan fingerprint density at radius 1 is 1.25 bits per heavy atom. The number of anilines is 1. The second kappa shape index (κ2) is 6.20. The van der Waals surface area contributed by atoms with E-state index in [0.29, 0.717) is 0 Å². The van der Waals surface area contributed by atoms with E-state index in [1.165, 1.54) is 4.88 Å². The van der Waals surface area contributed by atoms with Crippen molar-refractivity contribution in [2.75, 3.05) is 18.4 Å². The molecule has 4 heteroatoms. The minimum atomic E-state index is 0.0835. The molecule has 1 amide bonds. The number of hydrogen-bond acceptors (Lipinski definition) is 3. The number of rotatable bonds is 3. The Morgan fingerprint density at radius 3 is 2.90 bits per heavy atom. The summed E-state index contributed by atoms with van der Waals surface area (Å²) in [5.74, 6) is 0.210. The van der Waals surface area contributed by atoms with Gasteiger partial charge in [-0.05, 0) is 36.9 Å².